The average molecular weight is 261 g/mol. The molecule has 4 heteroatoms. The van der Waals surface area contributed by atoms with Crippen molar-refractivity contribution in [1.29, 1.82) is 5.26 Å². The van der Waals surface area contributed by atoms with E-state index in [1.54, 1.807) is 24.5 Å². The first-order chi connectivity index (χ1) is 8.69. The van der Waals surface area contributed by atoms with E-state index < -0.39 is 0 Å². The molecule has 18 heavy (non-hydrogen) atoms. The normalized spacial score (nSPS) is 11.8. The molecule has 1 heterocycles. The molecule has 92 valence electrons. The summed E-state index contributed by atoms with van der Waals surface area (Å²) in [5.41, 5.74) is 1.36. The van der Waals surface area contributed by atoms with E-state index in [0.29, 0.717) is 10.6 Å². The van der Waals surface area contributed by atoms with Gasteiger partial charge in [-0.2, -0.15) is 5.26 Å². The molecule has 1 aromatic carbocycles. The van der Waals surface area contributed by atoms with Crippen LogP contribution in [-0.4, -0.2) is 6.04 Å². The number of hydrogen-bond donors (Lipinski definition) is 1. The minimum absolute atomic E-state index is 0.169. The Labute approximate surface area is 111 Å². The lowest BCUT2D eigenvalue weighted by Gasteiger charge is -2.15. The highest BCUT2D eigenvalue weighted by atomic mass is 35.5. The average Bonchev–Trinajstić information content (AvgIpc) is 2.84. The van der Waals surface area contributed by atoms with Crippen LogP contribution in [0.4, 0.5) is 5.69 Å². The number of anilines is 1. The third-order valence-corrected chi connectivity index (χ3v) is 2.91. The summed E-state index contributed by atoms with van der Waals surface area (Å²) in [5.74, 6) is 0.919. The molecule has 2 aromatic rings. The van der Waals surface area contributed by atoms with Crippen molar-refractivity contribution in [2.75, 3.05) is 5.32 Å². The molecule has 0 fully saturated rings. The van der Waals surface area contributed by atoms with Crippen molar-refractivity contribution in [3.8, 4) is 6.07 Å². The van der Waals surface area contributed by atoms with E-state index in [2.05, 4.69) is 11.4 Å². The van der Waals surface area contributed by atoms with Crippen LogP contribution in [0.2, 0.25) is 5.02 Å². The maximum Gasteiger partial charge on any atom is 0.105 e. The van der Waals surface area contributed by atoms with E-state index in [9.17, 15) is 0 Å². The fourth-order valence-electron chi connectivity index (χ4n) is 1.75. The van der Waals surface area contributed by atoms with Gasteiger partial charge >= 0.3 is 0 Å². The molecule has 0 saturated carbocycles. The van der Waals surface area contributed by atoms with Gasteiger partial charge < -0.3 is 9.73 Å². The minimum Gasteiger partial charge on any atom is -0.469 e. The van der Waals surface area contributed by atoms with Gasteiger partial charge in [-0.1, -0.05) is 11.6 Å². The van der Waals surface area contributed by atoms with Crippen LogP contribution in [0.1, 0.15) is 18.2 Å². The molecule has 0 amide bonds. The number of nitrogens with zero attached hydrogens (tertiary/aromatic N) is 1. The summed E-state index contributed by atoms with van der Waals surface area (Å²) in [5, 5.41) is 12.8. The SMILES string of the molecule is CC(Cc1ccco1)Nc1cc(C#N)ccc1Cl. The zero-order chi connectivity index (χ0) is 13.0. The quantitative estimate of drug-likeness (QED) is 0.908. The Morgan fingerprint density at radius 1 is 1.44 bits per heavy atom. The summed E-state index contributed by atoms with van der Waals surface area (Å²) >= 11 is 6.08. The number of halogens is 1. The molecule has 1 N–H and O–H groups in total. The van der Waals surface area contributed by atoms with E-state index in [4.69, 9.17) is 21.3 Å². The van der Waals surface area contributed by atoms with E-state index in [-0.39, 0.29) is 6.04 Å². The Kier molecular flexibility index (Phi) is 3.91. The Bertz CT molecular complexity index is 558. The van der Waals surface area contributed by atoms with Crippen LogP contribution in [0.3, 0.4) is 0 Å². The Morgan fingerprint density at radius 3 is 2.94 bits per heavy atom. The smallest absolute Gasteiger partial charge is 0.105 e. The van der Waals surface area contributed by atoms with Crippen molar-refractivity contribution in [3.05, 3.63) is 52.9 Å². The zero-order valence-corrected chi connectivity index (χ0v) is 10.7. The molecule has 1 unspecified atom stereocenters. The molecular weight excluding hydrogens is 248 g/mol. The third kappa shape index (κ3) is 3.06. The van der Waals surface area contributed by atoms with E-state index in [0.717, 1.165) is 17.9 Å². The summed E-state index contributed by atoms with van der Waals surface area (Å²) in [6.45, 7) is 2.04. The van der Waals surface area contributed by atoms with Gasteiger partial charge in [-0.15, -0.1) is 0 Å². The van der Waals surface area contributed by atoms with E-state index in [1.165, 1.54) is 0 Å². The van der Waals surface area contributed by atoms with E-state index >= 15 is 0 Å². The maximum atomic E-state index is 8.86. The summed E-state index contributed by atoms with van der Waals surface area (Å²) in [6.07, 6.45) is 2.42. The molecule has 0 spiro atoms. The van der Waals surface area contributed by atoms with Gasteiger partial charge in [0.1, 0.15) is 5.76 Å². The molecule has 1 aromatic heterocycles. The summed E-state index contributed by atoms with van der Waals surface area (Å²) in [4.78, 5) is 0. The van der Waals surface area contributed by atoms with Crippen LogP contribution in [0.25, 0.3) is 0 Å². The van der Waals surface area contributed by atoms with Crippen molar-refractivity contribution >= 4 is 17.3 Å². The molecular formula is C14H13ClN2O. The fraction of sp³-hybridized carbons (Fsp3) is 0.214. The van der Waals surface area contributed by atoms with Crippen LogP contribution in [-0.2, 0) is 6.42 Å². The highest BCUT2D eigenvalue weighted by Crippen LogP contribution is 2.24. The predicted octanol–water partition coefficient (Wildman–Crippen LogP) is 3.85. The third-order valence-electron chi connectivity index (χ3n) is 2.58. The highest BCUT2D eigenvalue weighted by molar-refractivity contribution is 6.33. The Morgan fingerprint density at radius 2 is 2.28 bits per heavy atom. The molecule has 2 rings (SSSR count). The maximum absolute atomic E-state index is 8.86. The van der Waals surface area contributed by atoms with Gasteiger partial charge in [-0.25, -0.2) is 0 Å². The number of furan rings is 1. The number of rotatable bonds is 4. The lowest BCUT2D eigenvalue weighted by molar-refractivity contribution is 0.498. The minimum atomic E-state index is 0.169. The largest absolute Gasteiger partial charge is 0.469 e. The molecule has 0 bridgehead atoms. The van der Waals surface area contributed by atoms with Crippen LogP contribution < -0.4 is 5.32 Å². The first-order valence-corrected chi connectivity index (χ1v) is 6.05. The van der Waals surface area contributed by atoms with Crippen LogP contribution in [0.5, 0.6) is 0 Å². The van der Waals surface area contributed by atoms with Crippen molar-refractivity contribution in [2.45, 2.75) is 19.4 Å². The lowest BCUT2D eigenvalue weighted by atomic mass is 10.1. The second-order valence-electron chi connectivity index (χ2n) is 4.14. The van der Waals surface area contributed by atoms with Gasteiger partial charge in [0, 0.05) is 12.5 Å². The lowest BCUT2D eigenvalue weighted by Crippen LogP contribution is -2.18. The van der Waals surface area contributed by atoms with Crippen LogP contribution in [0.15, 0.2) is 41.0 Å². The monoisotopic (exact) mass is 260 g/mol. The van der Waals surface area contributed by atoms with Gasteiger partial charge in [0.25, 0.3) is 0 Å². The zero-order valence-electron chi connectivity index (χ0n) is 9.98. The molecule has 0 saturated heterocycles. The van der Waals surface area contributed by atoms with Crippen molar-refractivity contribution in [1.82, 2.24) is 0 Å². The highest BCUT2D eigenvalue weighted by Gasteiger charge is 2.08. The topological polar surface area (TPSA) is 49.0 Å². The van der Waals surface area contributed by atoms with Crippen LogP contribution >= 0.6 is 11.6 Å². The van der Waals surface area contributed by atoms with Crippen molar-refractivity contribution in [2.24, 2.45) is 0 Å². The Hall–Kier alpha value is -1.92. The first kappa shape index (κ1) is 12.5. The molecule has 0 aliphatic carbocycles. The van der Waals surface area contributed by atoms with Gasteiger partial charge in [0.2, 0.25) is 0 Å². The van der Waals surface area contributed by atoms with Crippen molar-refractivity contribution in [3.63, 3.8) is 0 Å². The molecule has 0 aliphatic rings. The number of nitrogens with one attached hydrogen (secondary N) is 1. The van der Waals surface area contributed by atoms with Gasteiger partial charge in [0.15, 0.2) is 0 Å². The number of hydrogen-bond acceptors (Lipinski definition) is 3. The molecule has 1 atom stereocenters. The number of benzene rings is 1. The summed E-state index contributed by atoms with van der Waals surface area (Å²) in [7, 11) is 0. The standard InChI is InChI=1S/C14H13ClN2O/c1-10(7-12-3-2-6-18-12)17-14-8-11(9-16)4-5-13(14)15/h2-6,8,10,17H,7H2,1H3. The molecule has 3 nitrogen and oxygen atoms in total. The fourth-order valence-corrected chi connectivity index (χ4v) is 1.92. The molecule has 0 aliphatic heterocycles. The van der Waals surface area contributed by atoms with Gasteiger partial charge in [0.05, 0.1) is 28.6 Å². The van der Waals surface area contributed by atoms with Gasteiger partial charge in [-0.3, -0.25) is 0 Å². The summed E-state index contributed by atoms with van der Waals surface area (Å²) < 4.78 is 5.29. The molecule has 0 radical (unpaired) electrons. The first-order valence-electron chi connectivity index (χ1n) is 5.67. The van der Waals surface area contributed by atoms with Gasteiger partial charge in [-0.05, 0) is 37.3 Å². The van der Waals surface area contributed by atoms with E-state index in [1.807, 2.05) is 19.1 Å². The second-order valence-corrected chi connectivity index (χ2v) is 4.54. The van der Waals surface area contributed by atoms with Crippen molar-refractivity contribution < 1.29 is 4.42 Å². The predicted molar refractivity (Wildman–Crippen MR) is 71.7 cm³/mol. The second kappa shape index (κ2) is 5.61. The number of nitriles is 1. The van der Waals surface area contributed by atoms with Crippen LogP contribution in [0, 0.1) is 11.3 Å². The summed E-state index contributed by atoms with van der Waals surface area (Å²) in [6, 6.07) is 11.2. The Balaban J connectivity index is 2.07.